The van der Waals surface area contributed by atoms with Gasteiger partial charge >= 0.3 is 0 Å². The summed E-state index contributed by atoms with van der Waals surface area (Å²) in [6.45, 7) is 0. The maximum Gasteiger partial charge on any atom is 0.272 e. The fourth-order valence-electron chi connectivity index (χ4n) is 3.69. The van der Waals surface area contributed by atoms with Crippen molar-refractivity contribution in [3.63, 3.8) is 0 Å². The molecule has 1 aromatic carbocycles. The number of amides is 1. The summed E-state index contributed by atoms with van der Waals surface area (Å²) in [6.07, 6.45) is 5.44. The molecule has 0 aliphatic heterocycles. The number of hydrogen-bond donors (Lipinski definition) is 1. The largest absolute Gasteiger partial charge is 0.497 e. The van der Waals surface area contributed by atoms with E-state index in [4.69, 9.17) is 9.72 Å². The van der Waals surface area contributed by atoms with Crippen molar-refractivity contribution in [3.8, 4) is 5.75 Å². The van der Waals surface area contributed by atoms with Crippen LogP contribution in [-0.4, -0.2) is 28.3 Å². The number of nitrogens with zero attached hydrogens (tertiary/aromatic N) is 2. The number of ether oxygens (including phenoxy) is 1. The molecular weight excluding hydrogens is 406 g/mol. The molecule has 0 spiro atoms. The van der Waals surface area contributed by atoms with Crippen LogP contribution in [0.1, 0.15) is 38.1 Å². The Morgan fingerprint density at radius 1 is 1.31 bits per heavy atom. The fraction of sp³-hybridized carbons (Fsp3) is 0.381. The molecule has 29 heavy (non-hydrogen) atoms. The molecule has 4 rings (SSSR count). The van der Waals surface area contributed by atoms with E-state index in [1.54, 1.807) is 13.2 Å². The lowest BCUT2D eigenvalue weighted by atomic mass is 9.95. The van der Waals surface area contributed by atoms with Crippen LogP contribution in [0.5, 0.6) is 5.75 Å². The number of methoxy groups -OCH3 is 1. The Kier molecular flexibility index (Phi) is 6.20. The molecule has 1 saturated carbocycles. The summed E-state index contributed by atoms with van der Waals surface area (Å²) in [7, 11) is 1.59. The lowest BCUT2D eigenvalue weighted by Crippen LogP contribution is -2.29. The lowest BCUT2D eigenvalue weighted by Gasteiger charge is -2.25. The molecule has 1 aliphatic rings. The molecule has 1 aliphatic carbocycles. The zero-order chi connectivity index (χ0) is 20.2. The van der Waals surface area contributed by atoms with Crippen molar-refractivity contribution in [1.82, 2.24) is 9.55 Å². The van der Waals surface area contributed by atoms with Gasteiger partial charge in [-0.25, -0.2) is 4.98 Å². The van der Waals surface area contributed by atoms with Gasteiger partial charge in [-0.1, -0.05) is 37.1 Å². The van der Waals surface area contributed by atoms with Crippen LogP contribution < -0.4 is 15.6 Å². The highest BCUT2D eigenvalue weighted by atomic mass is 32.2. The quantitative estimate of drug-likeness (QED) is 0.454. The zero-order valence-electron chi connectivity index (χ0n) is 16.2. The van der Waals surface area contributed by atoms with Crippen molar-refractivity contribution in [2.45, 2.75) is 43.3 Å². The van der Waals surface area contributed by atoms with E-state index in [0.29, 0.717) is 26.8 Å². The van der Waals surface area contributed by atoms with E-state index < -0.39 is 0 Å². The smallest absolute Gasteiger partial charge is 0.272 e. The topological polar surface area (TPSA) is 73.2 Å². The Bertz CT molecular complexity index is 1070. The molecular formula is C21H23N3O3S2. The number of fused-ring (bicyclic) bond motifs is 1. The number of aromatic nitrogens is 2. The monoisotopic (exact) mass is 429 g/mol. The second-order valence-corrected chi connectivity index (χ2v) is 8.92. The van der Waals surface area contributed by atoms with E-state index in [0.717, 1.165) is 25.7 Å². The molecule has 0 bridgehead atoms. The third kappa shape index (κ3) is 4.48. The van der Waals surface area contributed by atoms with Crippen LogP contribution in [0.15, 0.2) is 45.7 Å². The van der Waals surface area contributed by atoms with Gasteiger partial charge in [0.2, 0.25) is 5.91 Å². The van der Waals surface area contributed by atoms with E-state index in [9.17, 15) is 9.59 Å². The summed E-state index contributed by atoms with van der Waals surface area (Å²) >= 11 is 2.76. The van der Waals surface area contributed by atoms with Gasteiger partial charge in [-0.05, 0) is 36.4 Å². The number of thiophene rings is 1. The number of nitrogens with one attached hydrogen (secondary N) is 1. The first-order chi connectivity index (χ1) is 14.2. The van der Waals surface area contributed by atoms with Gasteiger partial charge in [-0.3, -0.25) is 14.2 Å². The van der Waals surface area contributed by atoms with Crippen molar-refractivity contribution in [3.05, 3.63) is 46.1 Å². The number of carbonyl (C=O) groups is 1. The first kappa shape index (κ1) is 20.0. The van der Waals surface area contributed by atoms with Crippen molar-refractivity contribution >= 4 is 44.9 Å². The predicted octanol–water partition coefficient (Wildman–Crippen LogP) is 4.70. The molecule has 1 fully saturated rings. The summed E-state index contributed by atoms with van der Waals surface area (Å²) in [5.74, 6) is 0.732. The number of anilines is 1. The molecule has 0 unspecified atom stereocenters. The Morgan fingerprint density at radius 3 is 2.93 bits per heavy atom. The van der Waals surface area contributed by atoms with Gasteiger partial charge in [0.05, 0.1) is 18.4 Å². The van der Waals surface area contributed by atoms with Gasteiger partial charge in [-0.15, -0.1) is 11.3 Å². The Morgan fingerprint density at radius 2 is 2.14 bits per heavy atom. The number of thioether (sulfide) groups is 1. The van der Waals surface area contributed by atoms with Crippen LogP contribution in [0.3, 0.4) is 0 Å². The number of benzene rings is 1. The molecule has 3 aromatic rings. The summed E-state index contributed by atoms with van der Waals surface area (Å²) in [6, 6.07) is 9.28. The Hall–Kier alpha value is -2.32. The molecule has 152 valence electrons. The fourth-order valence-corrected chi connectivity index (χ4v) is 5.33. The SMILES string of the molecule is COc1cccc(NC(=O)CSc2nc3ccsc3c(=O)n2C2CCCCC2)c1. The van der Waals surface area contributed by atoms with E-state index >= 15 is 0 Å². The molecule has 1 amide bonds. The molecule has 0 saturated heterocycles. The Balaban J connectivity index is 1.54. The van der Waals surface area contributed by atoms with E-state index in [-0.39, 0.29) is 23.3 Å². The third-order valence-corrected chi connectivity index (χ3v) is 6.95. The Labute approximate surface area is 177 Å². The molecule has 0 radical (unpaired) electrons. The molecule has 8 heteroatoms. The van der Waals surface area contributed by atoms with Gasteiger partial charge in [-0.2, -0.15) is 0 Å². The van der Waals surface area contributed by atoms with Crippen LogP contribution in [0, 0.1) is 0 Å². The maximum absolute atomic E-state index is 13.1. The van der Waals surface area contributed by atoms with E-state index in [1.165, 1.54) is 29.5 Å². The minimum absolute atomic E-state index is 0.0209. The number of hydrogen-bond acceptors (Lipinski definition) is 6. The van der Waals surface area contributed by atoms with E-state index in [1.807, 2.05) is 34.2 Å². The van der Waals surface area contributed by atoms with Gasteiger partial charge in [0.25, 0.3) is 5.56 Å². The van der Waals surface area contributed by atoms with Crippen molar-refractivity contribution < 1.29 is 9.53 Å². The maximum atomic E-state index is 13.1. The minimum atomic E-state index is -0.141. The summed E-state index contributed by atoms with van der Waals surface area (Å²) in [5.41, 5.74) is 1.41. The second-order valence-electron chi connectivity index (χ2n) is 7.07. The number of carbonyl (C=O) groups excluding carboxylic acids is 1. The van der Waals surface area contributed by atoms with Crippen LogP contribution in [-0.2, 0) is 4.79 Å². The van der Waals surface area contributed by atoms with Crippen LogP contribution >= 0.6 is 23.1 Å². The standard InChI is InChI=1S/C21H23N3O3S2/c1-27-16-9-5-6-14(12-16)22-18(25)13-29-21-23-17-10-11-28-19(17)20(26)24(21)15-7-3-2-4-8-15/h5-6,9-12,15H,2-4,7-8,13H2,1H3,(H,22,25). The van der Waals surface area contributed by atoms with Crippen molar-refractivity contribution in [2.75, 3.05) is 18.2 Å². The van der Waals surface area contributed by atoms with Crippen molar-refractivity contribution in [2.24, 2.45) is 0 Å². The first-order valence-corrected chi connectivity index (χ1v) is 11.6. The number of rotatable bonds is 6. The zero-order valence-corrected chi connectivity index (χ0v) is 17.9. The second kappa shape index (κ2) is 9.00. The average Bonchev–Trinajstić information content (AvgIpc) is 3.22. The summed E-state index contributed by atoms with van der Waals surface area (Å²) in [5, 5.41) is 5.41. The molecule has 6 nitrogen and oxygen atoms in total. The van der Waals surface area contributed by atoms with Gasteiger partial charge < -0.3 is 10.1 Å². The van der Waals surface area contributed by atoms with Gasteiger partial charge in [0.1, 0.15) is 10.4 Å². The highest BCUT2D eigenvalue weighted by Gasteiger charge is 2.22. The van der Waals surface area contributed by atoms with Crippen LogP contribution in [0.25, 0.3) is 10.2 Å². The average molecular weight is 430 g/mol. The van der Waals surface area contributed by atoms with Crippen LogP contribution in [0.4, 0.5) is 5.69 Å². The van der Waals surface area contributed by atoms with Gasteiger partial charge in [0.15, 0.2) is 5.16 Å². The summed E-state index contributed by atoms with van der Waals surface area (Å²) in [4.78, 5) is 30.3. The predicted molar refractivity (Wildman–Crippen MR) is 118 cm³/mol. The molecule has 1 N–H and O–H groups in total. The van der Waals surface area contributed by atoms with Crippen molar-refractivity contribution in [1.29, 1.82) is 0 Å². The molecule has 0 atom stereocenters. The normalized spacial score (nSPS) is 14.8. The highest BCUT2D eigenvalue weighted by molar-refractivity contribution is 7.99. The highest BCUT2D eigenvalue weighted by Crippen LogP contribution is 2.31. The third-order valence-electron chi connectivity index (χ3n) is 5.11. The lowest BCUT2D eigenvalue weighted by molar-refractivity contribution is -0.113. The van der Waals surface area contributed by atoms with Crippen LogP contribution in [0.2, 0.25) is 0 Å². The molecule has 2 aromatic heterocycles. The summed E-state index contributed by atoms with van der Waals surface area (Å²) < 4.78 is 7.72. The minimum Gasteiger partial charge on any atom is -0.497 e. The van der Waals surface area contributed by atoms with Gasteiger partial charge in [0, 0.05) is 17.8 Å². The van der Waals surface area contributed by atoms with E-state index in [2.05, 4.69) is 5.32 Å². The molecule has 2 heterocycles. The first-order valence-electron chi connectivity index (χ1n) is 9.72.